The molecule has 10 rings (SSSR count). The molecule has 0 fully saturated rings. The topological polar surface area (TPSA) is 107 Å². The summed E-state index contributed by atoms with van der Waals surface area (Å²) in [6.07, 6.45) is 21.5. The highest BCUT2D eigenvalue weighted by Gasteiger charge is 2.30. The highest BCUT2D eigenvalue weighted by atomic mass is 16.5. The average Bonchev–Trinajstić information content (AvgIpc) is 4.20. The van der Waals surface area contributed by atoms with Crippen LogP contribution in [0.3, 0.4) is 0 Å². The zero-order valence-corrected chi connectivity index (χ0v) is 38.4. The fourth-order valence-corrected chi connectivity index (χ4v) is 9.00. The third kappa shape index (κ3) is 9.00. The number of aryl methyl sites for hydroxylation is 4. The van der Waals surface area contributed by atoms with Gasteiger partial charge >= 0.3 is 0 Å². The van der Waals surface area contributed by atoms with E-state index < -0.39 is 0 Å². The van der Waals surface area contributed by atoms with Gasteiger partial charge in [-0.25, -0.2) is 19.1 Å². The number of aliphatic imine (C=N–C) groups is 2. The fraction of sp³-hybridized carbons (Fsp3) is 0.136. The number of benzene rings is 3. The Morgan fingerprint density at radius 2 is 1.28 bits per heavy atom. The third-order valence-corrected chi connectivity index (χ3v) is 12.5. The SMILES string of the molecule is Cc1ccc(C#Cc2ccc(C3=c4ccc([nH]4)=C(c4cc[n+](C)cc4)C4=NC(=C(c5cc[n+](C)cc5)C5CC=C(N5)C(c5cc(C)cc(OCCC(C=O)=CO)c5)=C5C=CC3=N5)C=C4)cc2)cc1. The molecular formula is C59H50N6O3+2. The first-order chi connectivity index (χ1) is 33.2. The maximum Gasteiger partial charge on any atom is 0.169 e. The van der Waals surface area contributed by atoms with Crippen molar-refractivity contribution >= 4 is 40.0 Å². The predicted molar refractivity (Wildman–Crippen MR) is 269 cm³/mol. The van der Waals surface area contributed by atoms with E-state index in [-0.39, 0.29) is 24.6 Å². The van der Waals surface area contributed by atoms with Crippen LogP contribution in [0.5, 0.6) is 5.75 Å². The molecule has 3 N–H and O–H groups in total. The van der Waals surface area contributed by atoms with Crippen LogP contribution >= 0.6 is 0 Å². The van der Waals surface area contributed by atoms with Crippen molar-refractivity contribution in [1.82, 2.24) is 10.3 Å². The monoisotopic (exact) mass is 890 g/mol. The lowest BCUT2D eigenvalue weighted by atomic mass is 9.96. The number of hydrogen-bond acceptors (Lipinski definition) is 6. The van der Waals surface area contributed by atoms with Gasteiger partial charge in [-0.1, -0.05) is 53.8 Å². The quantitative estimate of drug-likeness (QED) is 0.0458. The molecule has 4 aliphatic heterocycles. The minimum Gasteiger partial charge on any atom is -0.515 e. The summed E-state index contributed by atoms with van der Waals surface area (Å²) < 4.78 is 10.3. The van der Waals surface area contributed by atoms with Crippen molar-refractivity contribution in [3.63, 3.8) is 0 Å². The number of nitrogens with zero attached hydrogens (tertiary/aromatic N) is 4. The zero-order chi connectivity index (χ0) is 46.7. The second kappa shape index (κ2) is 18.7. The molecule has 0 amide bonds. The molecule has 0 spiro atoms. The first-order valence-electron chi connectivity index (χ1n) is 22.8. The smallest absolute Gasteiger partial charge is 0.169 e. The van der Waals surface area contributed by atoms with Crippen LogP contribution in [-0.4, -0.2) is 40.4 Å². The van der Waals surface area contributed by atoms with Crippen LogP contribution in [0.1, 0.15) is 57.3 Å². The van der Waals surface area contributed by atoms with E-state index in [4.69, 9.17) is 14.7 Å². The normalized spacial score (nSPS) is 16.3. The largest absolute Gasteiger partial charge is 0.515 e. The molecule has 0 saturated carbocycles. The van der Waals surface area contributed by atoms with E-state index in [1.807, 2.05) is 54.4 Å². The number of H-pyrrole nitrogens is 1. The van der Waals surface area contributed by atoms with Crippen LogP contribution in [0.2, 0.25) is 0 Å². The van der Waals surface area contributed by atoms with Crippen molar-refractivity contribution in [2.24, 2.45) is 24.1 Å². The lowest BCUT2D eigenvalue weighted by molar-refractivity contribution is -0.671. The number of aliphatic hydroxyl groups excluding tert-OH is 1. The van der Waals surface area contributed by atoms with Crippen molar-refractivity contribution < 1.29 is 23.8 Å². The van der Waals surface area contributed by atoms with Gasteiger partial charge in [0.25, 0.3) is 0 Å². The standard InChI is InChI=1S/C59H48N6O3/c1-38-5-7-40(8-6-38)9-10-41-11-13-43(14-12-41)56-48-15-16-50(60-48)57(44-23-28-64(3)29-24-44)51-17-18-52(61-51)58(45-25-30-65(4)31-26-45)53-20-22-55(63-53)59(54-21-19-49(56)62-54)46-33-39(2)34-47(35-46)68-32-27-42(36-66)37-67/h5-8,11-19,21-26,28-31,33-37,53,63H,20,27,32H2,1-4H3/p+2. The molecule has 0 saturated heterocycles. The number of fused-ring (bicyclic) bond motifs is 6. The average molecular weight is 891 g/mol. The summed E-state index contributed by atoms with van der Waals surface area (Å²) >= 11 is 0. The van der Waals surface area contributed by atoms with Crippen molar-refractivity contribution in [3.8, 4) is 17.6 Å². The molecule has 7 heterocycles. The van der Waals surface area contributed by atoms with Crippen LogP contribution in [0.4, 0.5) is 0 Å². The van der Waals surface area contributed by atoms with Crippen molar-refractivity contribution in [2.45, 2.75) is 32.7 Å². The van der Waals surface area contributed by atoms with E-state index in [2.05, 4.69) is 163 Å². The summed E-state index contributed by atoms with van der Waals surface area (Å²) in [7, 11) is 4.05. The third-order valence-electron chi connectivity index (χ3n) is 12.5. The number of aldehydes is 1. The van der Waals surface area contributed by atoms with Crippen LogP contribution < -0.4 is 29.9 Å². The number of hydrogen-bond donors (Lipinski definition) is 3. The van der Waals surface area contributed by atoms with E-state index in [0.29, 0.717) is 18.5 Å². The molecule has 0 radical (unpaired) electrons. The van der Waals surface area contributed by atoms with Crippen molar-refractivity contribution in [3.05, 3.63) is 242 Å². The molecule has 9 nitrogen and oxygen atoms in total. The Labute approximate surface area is 396 Å². The number of ether oxygens (including phenoxy) is 1. The lowest BCUT2D eigenvalue weighted by Gasteiger charge is -2.21. The number of aliphatic hydroxyl groups is 1. The number of aromatic amines is 1. The molecule has 6 aromatic rings. The second-order valence-electron chi connectivity index (χ2n) is 17.5. The van der Waals surface area contributed by atoms with Crippen LogP contribution in [0.15, 0.2) is 197 Å². The summed E-state index contributed by atoms with van der Waals surface area (Å²) in [5.41, 5.74) is 16.6. The van der Waals surface area contributed by atoms with Crippen molar-refractivity contribution in [1.29, 1.82) is 0 Å². The highest BCUT2D eigenvalue weighted by Crippen LogP contribution is 2.39. The first-order valence-corrected chi connectivity index (χ1v) is 22.8. The summed E-state index contributed by atoms with van der Waals surface area (Å²) in [5.74, 6) is 7.33. The van der Waals surface area contributed by atoms with Gasteiger partial charge < -0.3 is 20.1 Å². The van der Waals surface area contributed by atoms with E-state index in [1.54, 1.807) is 0 Å². The number of pyridine rings is 2. The van der Waals surface area contributed by atoms with Crippen LogP contribution in [-0.2, 0) is 18.9 Å². The molecule has 0 aliphatic carbocycles. The molecule has 9 heteroatoms. The Balaban J connectivity index is 1.20. The molecule has 1 unspecified atom stereocenters. The Kier molecular flexibility index (Phi) is 11.9. The molecule has 8 bridgehead atoms. The van der Waals surface area contributed by atoms with Gasteiger partial charge in [0.15, 0.2) is 24.8 Å². The number of rotatable bonds is 9. The second-order valence-corrected chi connectivity index (χ2v) is 17.5. The van der Waals surface area contributed by atoms with Crippen LogP contribution in [0.25, 0.3) is 22.3 Å². The Morgan fingerprint density at radius 3 is 1.91 bits per heavy atom. The number of nitrogens with one attached hydrogen (secondary N) is 2. The molecule has 1 atom stereocenters. The lowest BCUT2D eigenvalue weighted by Crippen LogP contribution is -2.28. The van der Waals surface area contributed by atoms with Gasteiger partial charge in [-0.3, -0.25) is 4.79 Å². The van der Waals surface area contributed by atoms with E-state index in [1.165, 1.54) is 5.56 Å². The number of carbonyl (C=O) groups excluding carboxylic acids is 1. The molecule has 68 heavy (non-hydrogen) atoms. The maximum absolute atomic E-state index is 11.4. The van der Waals surface area contributed by atoms with Gasteiger partial charge in [-0.15, -0.1) is 0 Å². The van der Waals surface area contributed by atoms with Gasteiger partial charge in [0.05, 0.1) is 41.7 Å². The summed E-state index contributed by atoms with van der Waals surface area (Å²) in [6, 6.07) is 35.6. The molecule has 3 aromatic heterocycles. The molecule has 332 valence electrons. The Bertz CT molecular complexity index is 3460. The molecule has 3 aromatic carbocycles. The van der Waals surface area contributed by atoms with Crippen molar-refractivity contribution in [2.75, 3.05) is 6.61 Å². The number of allylic oxidation sites excluding steroid dienone is 5. The van der Waals surface area contributed by atoms with Gasteiger partial charge in [-0.05, 0) is 121 Å². The van der Waals surface area contributed by atoms with Crippen LogP contribution in [0, 0.1) is 25.7 Å². The number of carbonyl (C=O) groups is 1. The molecule has 4 aliphatic rings. The Hall–Kier alpha value is -8.61. The predicted octanol–water partition coefficient (Wildman–Crippen LogP) is 7.59. The van der Waals surface area contributed by atoms with Gasteiger partial charge in [0.1, 0.15) is 26.1 Å². The van der Waals surface area contributed by atoms with E-state index in [0.717, 1.165) is 107 Å². The van der Waals surface area contributed by atoms with E-state index >= 15 is 0 Å². The molecular weight excluding hydrogens is 841 g/mol. The fourth-order valence-electron chi connectivity index (χ4n) is 9.00. The van der Waals surface area contributed by atoms with E-state index in [9.17, 15) is 9.90 Å². The van der Waals surface area contributed by atoms with Gasteiger partial charge in [0, 0.05) is 86.1 Å². The maximum atomic E-state index is 11.4. The zero-order valence-electron chi connectivity index (χ0n) is 38.4. The minimum atomic E-state index is -0.114. The highest BCUT2D eigenvalue weighted by molar-refractivity contribution is 6.31. The summed E-state index contributed by atoms with van der Waals surface area (Å²) in [5, 5.41) is 15.3. The minimum absolute atomic E-state index is 0.114. The summed E-state index contributed by atoms with van der Waals surface area (Å²) in [4.78, 5) is 26.3. The Morgan fingerprint density at radius 1 is 0.691 bits per heavy atom. The number of aromatic nitrogens is 3. The van der Waals surface area contributed by atoms with Gasteiger partial charge in [0.2, 0.25) is 0 Å². The summed E-state index contributed by atoms with van der Waals surface area (Å²) in [6.45, 7) is 4.35. The first kappa shape index (κ1) is 43.3. The van der Waals surface area contributed by atoms with Gasteiger partial charge in [-0.2, -0.15) is 0 Å².